The molecule has 0 saturated carbocycles. The van der Waals surface area contributed by atoms with Crippen LogP contribution in [0.5, 0.6) is 0 Å². The molecule has 0 bridgehead atoms. The molecule has 2 fully saturated rings. The summed E-state index contributed by atoms with van der Waals surface area (Å²) in [6.45, 7) is 10.8. The maximum Gasteiger partial charge on any atom is 0.279 e. The average Bonchev–Trinajstić information content (AvgIpc) is 2.62. The summed E-state index contributed by atoms with van der Waals surface area (Å²) in [6.07, 6.45) is 1.92. The number of benzene rings is 1. The number of hydrogen-bond donors (Lipinski definition) is 1. The number of nitrogens with one attached hydrogen (secondary N) is 1. The minimum Gasteiger partial charge on any atom is -0.369 e. The Morgan fingerprint density at radius 2 is 1.77 bits per heavy atom. The third-order valence-corrected chi connectivity index (χ3v) is 7.15. The molecule has 0 unspecified atom stereocenters. The van der Waals surface area contributed by atoms with E-state index >= 15 is 0 Å². The Labute approximate surface area is 158 Å². The van der Waals surface area contributed by atoms with E-state index < -0.39 is 10.2 Å². The smallest absolute Gasteiger partial charge is 0.279 e. The van der Waals surface area contributed by atoms with Gasteiger partial charge in [-0.05, 0) is 43.4 Å². The molecule has 0 amide bonds. The minimum absolute atomic E-state index is 0.485. The van der Waals surface area contributed by atoms with Crippen LogP contribution in [0.25, 0.3) is 0 Å². The van der Waals surface area contributed by atoms with Crippen molar-refractivity contribution in [3.8, 4) is 0 Å². The summed E-state index contributed by atoms with van der Waals surface area (Å²) in [7, 11) is -3.32. The molecule has 0 atom stereocenters. The van der Waals surface area contributed by atoms with Gasteiger partial charge in [0.2, 0.25) is 0 Å². The van der Waals surface area contributed by atoms with Gasteiger partial charge in [-0.3, -0.25) is 4.90 Å². The Kier molecular flexibility index (Phi) is 6.55. The zero-order chi connectivity index (χ0) is 18.6. The summed E-state index contributed by atoms with van der Waals surface area (Å²) in [6, 6.07) is 8.61. The van der Waals surface area contributed by atoms with Crippen molar-refractivity contribution in [1.29, 1.82) is 0 Å². The van der Waals surface area contributed by atoms with Gasteiger partial charge in [0.15, 0.2) is 0 Å². The average molecular weight is 381 g/mol. The molecule has 1 aromatic rings. The lowest BCUT2D eigenvalue weighted by Crippen LogP contribution is -2.50. The number of aryl methyl sites for hydroxylation is 1. The number of piperidine rings is 1. The molecule has 2 heterocycles. The zero-order valence-corrected chi connectivity index (χ0v) is 16.8. The van der Waals surface area contributed by atoms with E-state index in [2.05, 4.69) is 52.6 Å². The van der Waals surface area contributed by atoms with Crippen molar-refractivity contribution in [3.63, 3.8) is 0 Å². The summed E-state index contributed by atoms with van der Waals surface area (Å²) in [5.41, 5.74) is 2.57. The fourth-order valence-corrected chi connectivity index (χ4v) is 4.93. The second-order valence-electron chi connectivity index (χ2n) is 7.65. The molecule has 0 aromatic heterocycles. The van der Waals surface area contributed by atoms with Gasteiger partial charge < -0.3 is 4.90 Å². The summed E-state index contributed by atoms with van der Waals surface area (Å²) >= 11 is 0. The highest BCUT2D eigenvalue weighted by Gasteiger charge is 2.26. The Morgan fingerprint density at radius 1 is 1.08 bits per heavy atom. The van der Waals surface area contributed by atoms with Crippen LogP contribution in [0.2, 0.25) is 0 Å². The Hall–Kier alpha value is -1.15. The third-order valence-electron chi connectivity index (χ3n) is 5.53. The molecule has 3 rings (SSSR count). The molecular formula is C19H32N4O2S. The monoisotopic (exact) mass is 380 g/mol. The quantitative estimate of drug-likeness (QED) is 0.816. The van der Waals surface area contributed by atoms with Crippen LogP contribution < -0.4 is 9.62 Å². The van der Waals surface area contributed by atoms with Gasteiger partial charge in [0.1, 0.15) is 0 Å². The van der Waals surface area contributed by atoms with Crippen LogP contribution in [0, 0.1) is 12.8 Å². The van der Waals surface area contributed by atoms with Gasteiger partial charge in [-0.2, -0.15) is 12.7 Å². The van der Waals surface area contributed by atoms with E-state index in [9.17, 15) is 8.42 Å². The van der Waals surface area contributed by atoms with Gasteiger partial charge in [-0.25, -0.2) is 4.72 Å². The van der Waals surface area contributed by atoms with Gasteiger partial charge in [0.25, 0.3) is 10.2 Å². The van der Waals surface area contributed by atoms with Gasteiger partial charge in [0.05, 0.1) is 0 Å². The van der Waals surface area contributed by atoms with Crippen LogP contribution in [-0.2, 0) is 10.2 Å². The fraction of sp³-hybridized carbons (Fsp3) is 0.684. The molecule has 0 aliphatic carbocycles. The molecule has 2 aliphatic heterocycles. The first-order valence-corrected chi connectivity index (χ1v) is 11.2. The summed E-state index contributed by atoms with van der Waals surface area (Å²) in [4.78, 5) is 4.75. The third kappa shape index (κ3) is 5.19. The molecule has 2 aliphatic rings. The van der Waals surface area contributed by atoms with Gasteiger partial charge in [-0.15, -0.1) is 0 Å². The molecular weight excluding hydrogens is 348 g/mol. The van der Waals surface area contributed by atoms with E-state index in [0.717, 1.165) is 45.6 Å². The van der Waals surface area contributed by atoms with E-state index in [1.165, 1.54) is 11.3 Å². The first-order chi connectivity index (χ1) is 12.4. The molecule has 0 spiro atoms. The normalized spacial score (nSPS) is 21.2. The van der Waals surface area contributed by atoms with Crippen molar-refractivity contribution in [2.45, 2.75) is 26.7 Å². The SMILES string of the molecule is Cc1cccc(N2CCN(CCNS(=O)(=O)N3CCC(C)CC3)CC2)c1. The number of anilines is 1. The van der Waals surface area contributed by atoms with Gasteiger partial charge in [-0.1, -0.05) is 19.1 Å². The highest BCUT2D eigenvalue weighted by molar-refractivity contribution is 7.87. The lowest BCUT2D eigenvalue weighted by molar-refractivity contribution is 0.258. The van der Waals surface area contributed by atoms with Crippen molar-refractivity contribution < 1.29 is 8.42 Å². The standard InChI is InChI=1S/C19H32N4O2S/c1-17-6-9-23(10-7-17)26(24,25)20-8-11-21-12-14-22(15-13-21)19-5-3-4-18(2)16-19/h3-5,16-17,20H,6-15H2,1-2H3. The Balaban J connectivity index is 1.40. The van der Waals surface area contributed by atoms with Crippen LogP contribution in [0.3, 0.4) is 0 Å². The summed E-state index contributed by atoms with van der Waals surface area (Å²) in [5.74, 6) is 0.631. The van der Waals surface area contributed by atoms with E-state index in [1.54, 1.807) is 4.31 Å². The van der Waals surface area contributed by atoms with Crippen molar-refractivity contribution >= 4 is 15.9 Å². The first-order valence-electron chi connectivity index (χ1n) is 9.73. The lowest BCUT2D eigenvalue weighted by atomic mass is 10.0. The van der Waals surface area contributed by atoms with Gasteiger partial charge >= 0.3 is 0 Å². The molecule has 0 radical (unpaired) electrons. The zero-order valence-electron chi connectivity index (χ0n) is 16.0. The summed E-state index contributed by atoms with van der Waals surface area (Å²) < 4.78 is 29.2. The number of piperazine rings is 1. The van der Waals surface area contributed by atoms with Gasteiger partial charge in [0, 0.05) is 58.0 Å². The predicted octanol–water partition coefficient (Wildman–Crippen LogP) is 1.68. The molecule has 6 nitrogen and oxygen atoms in total. The summed E-state index contributed by atoms with van der Waals surface area (Å²) in [5, 5.41) is 0. The fourth-order valence-electron chi connectivity index (χ4n) is 3.70. The van der Waals surface area contributed by atoms with Crippen LogP contribution >= 0.6 is 0 Å². The molecule has 146 valence electrons. The van der Waals surface area contributed by atoms with Crippen LogP contribution in [0.15, 0.2) is 24.3 Å². The first kappa shape index (κ1) is 19.6. The molecule has 2 saturated heterocycles. The Morgan fingerprint density at radius 3 is 2.42 bits per heavy atom. The van der Waals surface area contributed by atoms with E-state index in [-0.39, 0.29) is 0 Å². The van der Waals surface area contributed by atoms with Crippen molar-refractivity contribution in [2.24, 2.45) is 5.92 Å². The predicted molar refractivity (Wildman–Crippen MR) is 107 cm³/mol. The van der Waals surface area contributed by atoms with Crippen molar-refractivity contribution in [2.75, 3.05) is 57.3 Å². The van der Waals surface area contributed by atoms with Crippen molar-refractivity contribution in [3.05, 3.63) is 29.8 Å². The second-order valence-corrected chi connectivity index (χ2v) is 9.40. The van der Waals surface area contributed by atoms with E-state index in [0.29, 0.717) is 25.6 Å². The maximum atomic E-state index is 12.4. The lowest BCUT2D eigenvalue weighted by Gasteiger charge is -2.36. The number of hydrogen-bond acceptors (Lipinski definition) is 4. The maximum absolute atomic E-state index is 12.4. The van der Waals surface area contributed by atoms with Crippen LogP contribution in [0.1, 0.15) is 25.3 Å². The molecule has 1 aromatic carbocycles. The van der Waals surface area contributed by atoms with Crippen molar-refractivity contribution in [1.82, 2.24) is 13.9 Å². The molecule has 1 N–H and O–H groups in total. The minimum atomic E-state index is -3.32. The van der Waals surface area contributed by atoms with Crippen LogP contribution in [0.4, 0.5) is 5.69 Å². The second kappa shape index (κ2) is 8.69. The van der Waals surface area contributed by atoms with E-state index in [4.69, 9.17) is 0 Å². The molecule has 7 heteroatoms. The topological polar surface area (TPSA) is 55.9 Å². The van der Waals surface area contributed by atoms with E-state index in [1.807, 2.05) is 0 Å². The van der Waals surface area contributed by atoms with Crippen LogP contribution in [-0.4, -0.2) is 70.0 Å². The number of rotatable bonds is 6. The Bertz CT molecular complexity index is 679. The molecule has 26 heavy (non-hydrogen) atoms. The number of nitrogens with zero attached hydrogens (tertiary/aromatic N) is 3. The largest absolute Gasteiger partial charge is 0.369 e. The highest BCUT2D eigenvalue weighted by atomic mass is 32.2. The highest BCUT2D eigenvalue weighted by Crippen LogP contribution is 2.19.